The van der Waals surface area contributed by atoms with E-state index in [4.69, 9.17) is 4.74 Å². The molecule has 2 aromatic rings. The molecule has 0 radical (unpaired) electrons. The molecule has 30 heavy (non-hydrogen) atoms. The van der Waals surface area contributed by atoms with Gasteiger partial charge in [-0.25, -0.2) is 4.79 Å². The first-order valence-electron chi connectivity index (χ1n) is 8.44. The fourth-order valence-corrected chi connectivity index (χ4v) is 2.65. The first kappa shape index (κ1) is 22.7. The number of nitrogens with zero attached hydrogens (tertiary/aromatic N) is 1. The molecule has 0 aliphatic carbocycles. The van der Waals surface area contributed by atoms with Crippen molar-refractivity contribution >= 4 is 17.6 Å². The molecule has 11 heteroatoms. The number of non-ortho nitro benzene ring substituents is 1. The maximum absolute atomic E-state index is 12.7. The summed E-state index contributed by atoms with van der Waals surface area (Å²) in [4.78, 5) is 34.9. The van der Waals surface area contributed by atoms with E-state index in [0.29, 0.717) is 0 Å². The molecule has 2 aromatic carbocycles. The summed E-state index contributed by atoms with van der Waals surface area (Å²) < 4.78 is 47.8. The minimum Gasteiger partial charge on any atom is -0.496 e. The minimum absolute atomic E-state index is 0.108. The average molecular weight is 426 g/mol. The number of hydrogen-bond donors (Lipinski definition) is 1. The third-order valence-corrected chi connectivity index (χ3v) is 4.16. The zero-order chi connectivity index (χ0) is 22.5. The molecule has 1 amide bonds. The lowest BCUT2D eigenvalue weighted by molar-refractivity contribution is -0.384. The summed E-state index contributed by atoms with van der Waals surface area (Å²) in [6.07, 6.45) is -4.76. The molecular formula is C19H17F3N2O6. The lowest BCUT2D eigenvalue weighted by Gasteiger charge is -2.18. The molecule has 0 saturated carbocycles. The van der Waals surface area contributed by atoms with Crippen molar-refractivity contribution in [1.29, 1.82) is 0 Å². The largest absolute Gasteiger partial charge is 0.496 e. The molecule has 0 heterocycles. The highest BCUT2D eigenvalue weighted by Crippen LogP contribution is 2.29. The van der Waals surface area contributed by atoms with E-state index in [2.05, 4.69) is 10.1 Å². The summed E-state index contributed by atoms with van der Waals surface area (Å²) in [5.74, 6) is -1.41. The summed E-state index contributed by atoms with van der Waals surface area (Å²) >= 11 is 0. The second-order valence-corrected chi connectivity index (χ2v) is 6.08. The van der Waals surface area contributed by atoms with E-state index in [1.165, 1.54) is 25.3 Å². The van der Waals surface area contributed by atoms with E-state index >= 15 is 0 Å². The highest BCUT2D eigenvalue weighted by Gasteiger charge is 2.30. The van der Waals surface area contributed by atoms with E-state index in [1.807, 2.05) is 0 Å². The van der Waals surface area contributed by atoms with Crippen molar-refractivity contribution in [3.63, 3.8) is 0 Å². The van der Waals surface area contributed by atoms with Crippen LogP contribution < -0.4 is 10.1 Å². The van der Waals surface area contributed by atoms with Gasteiger partial charge in [0.25, 0.3) is 11.6 Å². The SMILES string of the molecule is COC(=O)[C@@H](Cc1cc([N+](=O)[O-])ccc1OC)NC(=O)c1ccc(C(F)(F)F)cc1. The number of nitro groups is 1. The van der Waals surface area contributed by atoms with Gasteiger partial charge in [0, 0.05) is 29.7 Å². The molecule has 1 atom stereocenters. The number of nitro benzene ring substituents is 1. The van der Waals surface area contributed by atoms with Crippen LogP contribution in [0.15, 0.2) is 42.5 Å². The van der Waals surface area contributed by atoms with Gasteiger partial charge >= 0.3 is 12.1 Å². The molecule has 0 aromatic heterocycles. The van der Waals surface area contributed by atoms with Crippen LogP contribution in [0.5, 0.6) is 5.75 Å². The molecule has 160 valence electrons. The molecule has 2 rings (SSSR count). The van der Waals surface area contributed by atoms with Crippen LogP contribution in [0.25, 0.3) is 0 Å². The Hall–Kier alpha value is -3.63. The Morgan fingerprint density at radius 1 is 1.13 bits per heavy atom. The van der Waals surface area contributed by atoms with Crippen LogP contribution in [0.2, 0.25) is 0 Å². The van der Waals surface area contributed by atoms with Gasteiger partial charge in [0.2, 0.25) is 0 Å². The number of halogens is 3. The van der Waals surface area contributed by atoms with Crippen LogP contribution in [0.1, 0.15) is 21.5 Å². The quantitative estimate of drug-likeness (QED) is 0.414. The first-order chi connectivity index (χ1) is 14.1. The maximum atomic E-state index is 12.7. The second-order valence-electron chi connectivity index (χ2n) is 6.08. The van der Waals surface area contributed by atoms with Crippen molar-refractivity contribution in [1.82, 2.24) is 5.32 Å². The summed E-state index contributed by atoms with van der Waals surface area (Å²) in [6, 6.07) is 5.92. The van der Waals surface area contributed by atoms with Crippen LogP contribution in [0.3, 0.4) is 0 Å². The van der Waals surface area contributed by atoms with Gasteiger partial charge in [0.1, 0.15) is 11.8 Å². The highest BCUT2D eigenvalue weighted by molar-refractivity contribution is 5.96. The Morgan fingerprint density at radius 2 is 1.77 bits per heavy atom. The van der Waals surface area contributed by atoms with Gasteiger partial charge in [-0.2, -0.15) is 13.2 Å². The van der Waals surface area contributed by atoms with Gasteiger partial charge in [-0.3, -0.25) is 14.9 Å². The van der Waals surface area contributed by atoms with E-state index in [-0.39, 0.29) is 29.0 Å². The predicted molar refractivity (Wildman–Crippen MR) is 98.1 cm³/mol. The third-order valence-electron chi connectivity index (χ3n) is 4.16. The fourth-order valence-electron chi connectivity index (χ4n) is 2.65. The van der Waals surface area contributed by atoms with Gasteiger partial charge in [-0.1, -0.05) is 0 Å². The van der Waals surface area contributed by atoms with Crippen molar-refractivity contribution in [3.05, 3.63) is 69.3 Å². The molecule has 0 unspecified atom stereocenters. The summed E-state index contributed by atoms with van der Waals surface area (Å²) in [5.41, 5.74) is -1.02. The highest BCUT2D eigenvalue weighted by atomic mass is 19.4. The Balaban J connectivity index is 2.27. The number of esters is 1. The number of hydrogen-bond acceptors (Lipinski definition) is 6. The Bertz CT molecular complexity index is 944. The van der Waals surface area contributed by atoms with Crippen LogP contribution in [0.4, 0.5) is 18.9 Å². The van der Waals surface area contributed by atoms with Crippen molar-refractivity contribution < 1.29 is 37.2 Å². The van der Waals surface area contributed by atoms with E-state index in [9.17, 15) is 32.9 Å². The Labute approximate surface area is 168 Å². The number of alkyl halides is 3. The molecule has 0 saturated heterocycles. The monoisotopic (exact) mass is 426 g/mol. The van der Waals surface area contributed by atoms with Gasteiger partial charge in [0.15, 0.2) is 0 Å². The standard InChI is InChI=1S/C19H17F3N2O6/c1-29-16-8-7-14(24(27)28)9-12(16)10-15(18(26)30-2)23-17(25)11-3-5-13(6-4-11)19(20,21)22/h3-9,15H,10H2,1-2H3,(H,23,25)/t15-/m1/s1. The van der Waals surface area contributed by atoms with Gasteiger partial charge in [-0.15, -0.1) is 0 Å². The van der Waals surface area contributed by atoms with Crippen LogP contribution in [0, 0.1) is 10.1 Å². The van der Waals surface area contributed by atoms with E-state index in [1.54, 1.807) is 0 Å². The Kier molecular flexibility index (Phi) is 6.98. The maximum Gasteiger partial charge on any atom is 0.416 e. The second kappa shape index (κ2) is 9.25. The summed E-state index contributed by atoms with van der Waals surface area (Å²) in [7, 11) is 2.42. The number of benzene rings is 2. The zero-order valence-corrected chi connectivity index (χ0v) is 15.9. The minimum atomic E-state index is -4.55. The third kappa shape index (κ3) is 5.46. The van der Waals surface area contributed by atoms with Crippen molar-refractivity contribution in [2.75, 3.05) is 14.2 Å². The molecule has 0 aliphatic heterocycles. The smallest absolute Gasteiger partial charge is 0.416 e. The molecular weight excluding hydrogens is 409 g/mol. The Morgan fingerprint density at radius 3 is 2.27 bits per heavy atom. The van der Waals surface area contributed by atoms with E-state index in [0.717, 1.165) is 31.4 Å². The molecule has 1 N–H and O–H groups in total. The number of ether oxygens (including phenoxy) is 2. The number of nitrogens with one attached hydrogen (secondary N) is 1. The van der Waals surface area contributed by atoms with Crippen molar-refractivity contribution in [3.8, 4) is 5.75 Å². The molecule has 0 fully saturated rings. The van der Waals surface area contributed by atoms with Gasteiger partial charge in [-0.05, 0) is 30.3 Å². The number of rotatable bonds is 7. The zero-order valence-electron chi connectivity index (χ0n) is 15.9. The summed E-state index contributed by atoms with van der Waals surface area (Å²) in [5, 5.41) is 13.4. The van der Waals surface area contributed by atoms with Crippen LogP contribution >= 0.6 is 0 Å². The average Bonchev–Trinajstić information content (AvgIpc) is 2.71. The molecule has 8 nitrogen and oxygen atoms in total. The number of amides is 1. The van der Waals surface area contributed by atoms with Crippen LogP contribution in [-0.4, -0.2) is 37.1 Å². The fraction of sp³-hybridized carbons (Fsp3) is 0.263. The molecule has 0 bridgehead atoms. The predicted octanol–water partition coefficient (Wildman–Crippen LogP) is 3.14. The van der Waals surface area contributed by atoms with Crippen molar-refractivity contribution in [2.24, 2.45) is 0 Å². The summed E-state index contributed by atoms with van der Waals surface area (Å²) in [6.45, 7) is 0. The van der Waals surface area contributed by atoms with Crippen molar-refractivity contribution in [2.45, 2.75) is 18.6 Å². The normalized spacial score (nSPS) is 12.0. The topological polar surface area (TPSA) is 108 Å². The number of methoxy groups -OCH3 is 2. The van der Waals surface area contributed by atoms with Gasteiger partial charge in [0.05, 0.1) is 24.7 Å². The van der Waals surface area contributed by atoms with E-state index < -0.39 is 34.6 Å². The van der Waals surface area contributed by atoms with Gasteiger partial charge < -0.3 is 14.8 Å². The number of carbonyl (C=O) groups excluding carboxylic acids is 2. The number of carbonyl (C=O) groups is 2. The molecule has 0 aliphatic rings. The van der Waals surface area contributed by atoms with Crippen LogP contribution in [-0.2, 0) is 22.1 Å². The lowest BCUT2D eigenvalue weighted by atomic mass is 10.0. The first-order valence-corrected chi connectivity index (χ1v) is 8.44. The molecule has 0 spiro atoms. The lowest BCUT2D eigenvalue weighted by Crippen LogP contribution is -2.43.